The number of hydrogen-bond acceptors (Lipinski definition) is 4. The van der Waals surface area contributed by atoms with Crippen LogP contribution in [0.2, 0.25) is 0 Å². The van der Waals surface area contributed by atoms with Crippen molar-refractivity contribution in [3.05, 3.63) is 17.3 Å². The van der Waals surface area contributed by atoms with Crippen molar-refractivity contribution < 1.29 is 23.4 Å². The van der Waals surface area contributed by atoms with Gasteiger partial charge in [0, 0.05) is 6.07 Å². The molecule has 0 saturated carbocycles. The molecule has 15 heavy (non-hydrogen) atoms. The summed E-state index contributed by atoms with van der Waals surface area (Å²) in [6.07, 6.45) is -2.99. The first-order valence-electron chi connectivity index (χ1n) is 3.83. The van der Waals surface area contributed by atoms with Gasteiger partial charge in [-0.1, -0.05) is 0 Å². The molecule has 0 amide bonds. The van der Waals surface area contributed by atoms with Gasteiger partial charge in [-0.2, -0.15) is 0 Å². The van der Waals surface area contributed by atoms with Crippen LogP contribution < -0.4 is 10.5 Å². The number of nitrogens with two attached hydrogens (primary N) is 1. The van der Waals surface area contributed by atoms with Gasteiger partial charge in [-0.25, -0.2) is 18.6 Å². The van der Waals surface area contributed by atoms with E-state index in [0.29, 0.717) is 0 Å². The van der Waals surface area contributed by atoms with E-state index in [9.17, 15) is 13.6 Å². The highest BCUT2D eigenvalue weighted by molar-refractivity contribution is 5.88. The second-order valence-electron chi connectivity index (χ2n) is 2.62. The Hall–Kier alpha value is -1.92. The van der Waals surface area contributed by atoms with E-state index in [4.69, 9.17) is 10.8 Å². The minimum Gasteiger partial charge on any atom is -0.496 e. The van der Waals surface area contributed by atoms with E-state index in [2.05, 4.69) is 9.72 Å². The van der Waals surface area contributed by atoms with Crippen molar-refractivity contribution in [3.63, 3.8) is 0 Å². The summed E-state index contributed by atoms with van der Waals surface area (Å²) in [4.78, 5) is 14.0. The number of halogens is 2. The van der Waals surface area contributed by atoms with Crippen molar-refractivity contribution in [1.82, 2.24) is 4.98 Å². The van der Waals surface area contributed by atoms with Gasteiger partial charge in [-0.3, -0.25) is 0 Å². The maximum atomic E-state index is 12.5. The third kappa shape index (κ3) is 2.12. The zero-order chi connectivity index (χ0) is 11.6. The summed E-state index contributed by atoms with van der Waals surface area (Å²) in [5, 5.41) is 8.65. The fourth-order valence-corrected chi connectivity index (χ4v) is 1.09. The van der Waals surface area contributed by atoms with Gasteiger partial charge in [-0.05, 0) is 0 Å². The molecule has 0 fully saturated rings. The molecule has 7 heteroatoms. The van der Waals surface area contributed by atoms with Gasteiger partial charge >= 0.3 is 5.97 Å². The Morgan fingerprint density at radius 1 is 1.67 bits per heavy atom. The number of nitrogen functional groups attached to an aromatic ring is 1. The summed E-state index contributed by atoms with van der Waals surface area (Å²) in [5.41, 5.74) is 3.69. The Bertz CT molecular complexity index is 396. The number of nitrogens with zero attached hydrogens (tertiary/aromatic N) is 1. The summed E-state index contributed by atoms with van der Waals surface area (Å²) in [6.45, 7) is 0. The largest absolute Gasteiger partial charge is 0.496 e. The molecular formula is C8H8F2N2O3. The van der Waals surface area contributed by atoms with Crippen molar-refractivity contribution in [2.24, 2.45) is 0 Å². The van der Waals surface area contributed by atoms with E-state index in [1.54, 1.807) is 0 Å². The Kier molecular flexibility index (Phi) is 3.03. The predicted molar refractivity (Wildman–Crippen MR) is 47.1 cm³/mol. The van der Waals surface area contributed by atoms with E-state index < -0.39 is 23.7 Å². The summed E-state index contributed by atoms with van der Waals surface area (Å²) >= 11 is 0. The van der Waals surface area contributed by atoms with Gasteiger partial charge in [0.1, 0.15) is 11.6 Å². The number of carbonyl (C=O) groups is 1. The standard InChI is InChI=1S/C8H8F2N2O3/c1-15-3-2-4(11)12-6(8(13)14)5(3)7(9)10/h2,7H,1H3,(H2,11,12)(H,13,14). The minimum atomic E-state index is -2.99. The first-order chi connectivity index (χ1) is 6.97. The van der Waals surface area contributed by atoms with E-state index in [1.807, 2.05) is 0 Å². The Morgan fingerprint density at radius 2 is 2.27 bits per heavy atom. The Balaban J connectivity index is 3.47. The first-order valence-corrected chi connectivity index (χ1v) is 3.83. The molecule has 0 aliphatic carbocycles. The van der Waals surface area contributed by atoms with Gasteiger partial charge in [0.25, 0.3) is 6.43 Å². The second kappa shape index (κ2) is 4.07. The zero-order valence-corrected chi connectivity index (χ0v) is 7.70. The number of methoxy groups -OCH3 is 1. The topological polar surface area (TPSA) is 85.4 Å². The number of carboxylic acids is 1. The normalized spacial score (nSPS) is 10.4. The van der Waals surface area contributed by atoms with Crippen LogP contribution in [0.15, 0.2) is 6.07 Å². The third-order valence-corrected chi connectivity index (χ3v) is 1.68. The van der Waals surface area contributed by atoms with Crippen LogP contribution in [0.5, 0.6) is 5.75 Å². The van der Waals surface area contributed by atoms with Crippen LogP contribution in [0.25, 0.3) is 0 Å². The maximum absolute atomic E-state index is 12.5. The maximum Gasteiger partial charge on any atom is 0.355 e. The quantitative estimate of drug-likeness (QED) is 0.798. The second-order valence-corrected chi connectivity index (χ2v) is 2.62. The average Bonchev–Trinajstić information content (AvgIpc) is 2.15. The number of ether oxygens (including phenoxy) is 1. The van der Waals surface area contributed by atoms with Gasteiger partial charge < -0.3 is 15.6 Å². The molecule has 82 valence electrons. The predicted octanol–water partition coefficient (Wildman–Crippen LogP) is 1.31. The number of anilines is 1. The third-order valence-electron chi connectivity index (χ3n) is 1.68. The molecule has 1 aromatic rings. The lowest BCUT2D eigenvalue weighted by atomic mass is 10.1. The lowest BCUT2D eigenvalue weighted by Gasteiger charge is -2.10. The highest BCUT2D eigenvalue weighted by Crippen LogP contribution is 2.32. The van der Waals surface area contributed by atoms with Crippen molar-refractivity contribution in [2.75, 3.05) is 12.8 Å². The molecule has 1 heterocycles. The smallest absolute Gasteiger partial charge is 0.355 e. The van der Waals surface area contributed by atoms with Crippen LogP contribution in [0, 0.1) is 0 Å². The monoisotopic (exact) mass is 218 g/mol. The van der Waals surface area contributed by atoms with Gasteiger partial charge in [-0.15, -0.1) is 0 Å². The number of pyridine rings is 1. The number of aromatic nitrogens is 1. The van der Waals surface area contributed by atoms with Crippen molar-refractivity contribution in [3.8, 4) is 5.75 Å². The van der Waals surface area contributed by atoms with Crippen LogP contribution in [0.1, 0.15) is 22.5 Å². The summed E-state index contributed by atoms with van der Waals surface area (Å²) < 4.78 is 29.7. The molecular weight excluding hydrogens is 210 g/mol. The Labute approximate surface area is 83.5 Å². The molecule has 1 aromatic heterocycles. The summed E-state index contributed by atoms with van der Waals surface area (Å²) in [6, 6.07) is 1.05. The molecule has 0 unspecified atom stereocenters. The zero-order valence-electron chi connectivity index (χ0n) is 7.70. The Morgan fingerprint density at radius 3 is 2.67 bits per heavy atom. The molecule has 0 saturated heterocycles. The minimum absolute atomic E-state index is 0.186. The van der Waals surface area contributed by atoms with Crippen LogP contribution in [-0.2, 0) is 0 Å². The van der Waals surface area contributed by atoms with Crippen molar-refractivity contribution in [2.45, 2.75) is 6.43 Å². The van der Waals surface area contributed by atoms with Crippen LogP contribution in [-0.4, -0.2) is 23.2 Å². The number of carboxylic acid groups (broad SMARTS) is 1. The van der Waals surface area contributed by atoms with E-state index >= 15 is 0 Å². The lowest BCUT2D eigenvalue weighted by molar-refractivity contribution is 0.0675. The van der Waals surface area contributed by atoms with E-state index in [0.717, 1.165) is 13.2 Å². The number of rotatable bonds is 3. The fourth-order valence-electron chi connectivity index (χ4n) is 1.09. The molecule has 0 aromatic carbocycles. The summed E-state index contributed by atoms with van der Waals surface area (Å²) in [5.74, 6) is -2.04. The molecule has 3 N–H and O–H groups in total. The number of aromatic carboxylic acids is 1. The molecule has 1 rings (SSSR count). The molecule has 0 spiro atoms. The van der Waals surface area contributed by atoms with Crippen LogP contribution >= 0.6 is 0 Å². The van der Waals surface area contributed by atoms with Gasteiger partial charge in [0.2, 0.25) is 0 Å². The number of hydrogen-bond donors (Lipinski definition) is 2. The lowest BCUT2D eigenvalue weighted by Crippen LogP contribution is -2.10. The fraction of sp³-hybridized carbons (Fsp3) is 0.250. The van der Waals surface area contributed by atoms with Crippen molar-refractivity contribution >= 4 is 11.8 Å². The first kappa shape index (κ1) is 11.2. The van der Waals surface area contributed by atoms with E-state index in [-0.39, 0.29) is 11.6 Å². The van der Waals surface area contributed by atoms with Gasteiger partial charge in [0.15, 0.2) is 5.69 Å². The molecule has 0 aliphatic heterocycles. The highest BCUT2D eigenvalue weighted by atomic mass is 19.3. The summed E-state index contributed by atoms with van der Waals surface area (Å²) in [7, 11) is 1.15. The molecule has 0 atom stereocenters. The average molecular weight is 218 g/mol. The van der Waals surface area contributed by atoms with Crippen LogP contribution in [0.4, 0.5) is 14.6 Å². The molecule has 0 radical (unpaired) electrons. The SMILES string of the molecule is COc1cc(N)nc(C(=O)O)c1C(F)F. The molecule has 0 aliphatic rings. The molecule has 5 nitrogen and oxygen atoms in total. The van der Waals surface area contributed by atoms with E-state index in [1.165, 1.54) is 0 Å². The van der Waals surface area contributed by atoms with Crippen LogP contribution in [0.3, 0.4) is 0 Å². The van der Waals surface area contributed by atoms with Crippen molar-refractivity contribution in [1.29, 1.82) is 0 Å². The molecule has 0 bridgehead atoms. The number of alkyl halides is 2. The highest BCUT2D eigenvalue weighted by Gasteiger charge is 2.25. The van der Waals surface area contributed by atoms with Gasteiger partial charge in [0.05, 0.1) is 12.7 Å².